The van der Waals surface area contributed by atoms with Gasteiger partial charge in [-0.15, -0.1) is 0 Å². The third-order valence-corrected chi connectivity index (χ3v) is 13.2. The molecule has 1 aromatic carbocycles. The summed E-state index contributed by atoms with van der Waals surface area (Å²) in [4.78, 5) is 202. The van der Waals surface area contributed by atoms with Gasteiger partial charge in [0.15, 0.2) is 0 Å². The van der Waals surface area contributed by atoms with Crippen LogP contribution in [0.15, 0.2) is 33.5 Å². The minimum Gasteiger partial charge on any atom is -0.481 e. The number of nitrogens with one attached hydrogen (secondary N) is 9. The van der Waals surface area contributed by atoms with Gasteiger partial charge in [-0.05, 0) is 55.7 Å². The number of carbonyl (C=O) groups is 13. The predicted molar refractivity (Wildman–Crippen MR) is 295 cm³/mol. The summed E-state index contributed by atoms with van der Waals surface area (Å²) in [6.45, 7) is 12.3. The molecule has 0 saturated heterocycles. The number of aliphatic carboxylic acids is 3. The molecule has 0 aliphatic rings. The first-order valence-electron chi connectivity index (χ1n) is 26.6. The summed E-state index contributed by atoms with van der Waals surface area (Å²) in [5.41, 5.74) is 3.70. The molecule has 0 aliphatic heterocycles. The van der Waals surface area contributed by atoms with Crippen molar-refractivity contribution in [1.82, 2.24) is 47.9 Å². The first kappa shape index (κ1) is 73.5. The second-order valence-corrected chi connectivity index (χ2v) is 22.1. The van der Waals surface area contributed by atoms with Crippen LogP contribution >= 0.6 is 7.82 Å². The summed E-state index contributed by atoms with van der Waals surface area (Å²) in [5.74, 6) is -19.1. The molecule has 2 rings (SSSR count). The Labute approximate surface area is 490 Å². The fraction of sp³-hybridized carbons (Fsp3) is 0.569. The Balaban J connectivity index is 2.70. The molecule has 478 valence electrons. The SMILES string of the molecule is CC[C@H](C)[C@H](NC(=O)[C@@H](NC(=O)[C@H](CC(=O)O)NC(=O)[C@H](CC(=O)O)NC(C)=O)[C@@H](C)O)C(=O)N[C@@H](Cc1cc(=O)oc2cc(OP(=O)(O)O)ccc12)C(=O)N[C@H](C(=O)N[C@H](C(=O)N[C@@H](CC(C)C)C(=O)N[C@@H](CC(=O)O)C(N)=O)C(C)C)[C@@H](C)O. The summed E-state index contributed by atoms with van der Waals surface area (Å²) in [6, 6.07) is -12.3. The van der Waals surface area contributed by atoms with E-state index in [1.165, 1.54) is 20.8 Å². The van der Waals surface area contributed by atoms with E-state index in [1.54, 1.807) is 20.8 Å². The highest BCUT2D eigenvalue weighted by atomic mass is 31.2. The van der Waals surface area contributed by atoms with Gasteiger partial charge in [0.1, 0.15) is 65.7 Å². The van der Waals surface area contributed by atoms with Gasteiger partial charge < -0.3 is 88.1 Å². The molecule has 0 fully saturated rings. The number of hydrogen-bond donors (Lipinski definition) is 17. The van der Waals surface area contributed by atoms with E-state index in [9.17, 15) is 107 Å². The highest BCUT2D eigenvalue weighted by Crippen LogP contribution is 2.38. The first-order chi connectivity index (χ1) is 39.7. The van der Waals surface area contributed by atoms with Gasteiger partial charge in [0.2, 0.25) is 59.1 Å². The maximum absolute atomic E-state index is 14.7. The normalized spacial score (nSPS) is 15.6. The van der Waals surface area contributed by atoms with E-state index in [-0.39, 0.29) is 35.3 Å². The molecule has 0 aliphatic carbocycles. The van der Waals surface area contributed by atoms with Crippen molar-refractivity contribution in [3.05, 3.63) is 40.2 Å². The molecule has 0 bridgehead atoms. The lowest BCUT2D eigenvalue weighted by Gasteiger charge is -2.31. The van der Waals surface area contributed by atoms with Gasteiger partial charge in [0.25, 0.3) is 0 Å². The number of carboxylic acid groups (broad SMARTS) is 3. The van der Waals surface area contributed by atoms with Crippen LogP contribution in [0.3, 0.4) is 0 Å². The lowest BCUT2D eigenvalue weighted by Crippen LogP contribution is -2.64. The number of benzene rings is 1. The quantitative estimate of drug-likeness (QED) is 0.0229. The average Bonchev–Trinajstić information content (AvgIpc) is 2.23. The van der Waals surface area contributed by atoms with Crippen molar-refractivity contribution in [1.29, 1.82) is 0 Å². The number of fused-ring (bicyclic) bond motifs is 1. The Morgan fingerprint density at radius 3 is 1.42 bits per heavy atom. The van der Waals surface area contributed by atoms with Crippen LogP contribution in [0.4, 0.5) is 0 Å². The zero-order valence-electron chi connectivity index (χ0n) is 48.2. The van der Waals surface area contributed by atoms with Crippen LogP contribution in [0, 0.1) is 17.8 Å². The molecule has 86 heavy (non-hydrogen) atoms. The third kappa shape index (κ3) is 24.2. The fourth-order valence-electron chi connectivity index (χ4n) is 8.22. The standard InChI is InChI=1S/C51H75N10O24P/c1-10-22(6)40(59-51(80)42(24(8)63)61-47(76)33(19-37(69)70)55-45(74)32(18-36(67)68)53-25(9)64)49(78)57-31(14-26-15-38(71)84-34-16-27(11-12-28(26)34)85-86(81,82)83)46(75)60-41(23(7)62)50(79)58-39(21(4)5)48(77)56-30(13-20(2)3)44(73)54-29(43(52)72)17-35(65)66/h11-12,15-16,20-24,29-33,39-42,62-63H,10,13-14,17-19H2,1-9H3,(H2,52,72)(H,53,64)(H,54,73)(H,55,74)(H,56,77)(H,57,78)(H,58,79)(H,59,80)(H,60,75)(H,61,76)(H,65,66)(H,67,68)(H,69,70)(H2,81,82,83)/t22-,23+,24+,29-,30-,31-,32-,33-,39-,40-,41-,42-/m0/s1. The second-order valence-electron chi connectivity index (χ2n) is 20.9. The van der Waals surface area contributed by atoms with Gasteiger partial charge in [-0.2, -0.15) is 0 Å². The topological polar surface area (TPSA) is 554 Å². The molecule has 10 amide bonds. The lowest BCUT2D eigenvalue weighted by molar-refractivity contribution is -0.143. The van der Waals surface area contributed by atoms with E-state index in [0.29, 0.717) is 0 Å². The third-order valence-electron chi connectivity index (χ3n) is 12.7. The maximum Gasteiger partial charge on any atom is 0.524 e. The molecule has 0 saturated carbocycles. The predicted octanol–water partition coefficient (Wildman–Crippen LogP) is -4.39. The molecule has 18 N–H and O–H groups in total. The van der Waals surface area contributed by atoms with Crippen molar-refractivity contribution in [3.63, 3.8) is 0 Å². The molecular weight excluding hydrogens is 1170 g/mol. The largest absolute Gasteiger partial charge is 0.524 e. The molecule has 0 unspecified atom stereocenters. The molecule has 34 nitrogen and oxygen atoms in total. The Morgan fingerprint density at radius 2 is 0.965 bits per heavy atom. The van der Waals surface area contributed by atoms with Gasteiger partial charge in [-0.1, -0.05) is 48.0 Å². The zero-order chi connectivity index (χ0) is 65.8. The maximum atomic E-state index is 14.7. The van der Waals surface area contributed by atoms with Crippen LogP contribution < -0.4 is 63.7 Å². The number of phosphoric acid groups is 1. The number of hydrogen-bond acceptors (Lipinski definition) is 19. The van der Waals surface area contributed by atoms with Crippen molar-refractivity contribution in [2.45, 2.75) is 167 Å². The number of phosphoric ester groups is 1. The molecule has 1 aromatic heterocycles. The summed E-state index contributed by atoms with van der Waals surface area (Å²) in [6.07, 6.45) is -7.51. The van der Waals surface area contributed by atoms with Gasteiger partial charge in [0.05, 0.1) is 31.5 Å². The summed E-state index contributed by atoms with van der Waals surface area (Å²) in [7, 11) is -5.17. The Morgan fingerprint density at radius 1 is 0.558 bits per heavy atom. The van der Waals surface area contributed by atoms with Crippen molar-refractivity contribution < 1.29 is 111 Å². The van der Waals surface area contributed by atoms with Gasteiger partial charge in [-0.25, -0.2) is 9.36 Å². The highest BCUT2D eigenvalue weighted by molar-refractivity contribution is 7.46. The summed E-state index contributed by atoms with van der Waals surface area (Å²) >= 11 is 0. The number of carboxylic acids is 3. The number of aliphatic hydroxyl groups excluding tert-OH is 2. The van der Waals surface area contributed by atoms with Crippen molar-refractivity contribution in [2.75, 3.05) is 0 Å². The van der Waals surface area contributed by atoms with Crippen molar-refractivity contribution >= 4 is 95.8 Å². The summed E-state index contributed by atoms with van der Waals surface area (Å²) < 4.78 is 21.5. The summed E-state index contributed by atoms with van der Waals surface area (Å²) in [5, 5.41) is 70.1. The monoisotopic (exact) mass is 1240 g/mol. The zero-order valence-corrected chi connectivity index (χ0v) is 49.1. The Kier molecular flexibility index (Phi) is 28.4. The van der Waals surface area contributed by atoms with Crippen molar-refractivity contribution in [3.8, 4) is 5.75 Å². The van der Waals surface area contributed by atoms with E-state index in [0.717, 1.165) is 45.0 Å². The first-order valence-corrected chi connectivity index (χ1v) is 28.1. The minimum atomic E-state index is -5.17. The molecule has 0 radical (unpaired) electrons. The Hall–Kier alpha value is -8.59. The highest BCUT2D eigenvalue weighted by Gasteiger charge is 2.39. The van der Waals surface area contributed by atoms with Crippen molar-refractivity contribution in [2.24, 2.45) is 23.5 Å². The van der Waals surface area contributed by atoms with Gasteiger partial charge >= 0.3 is 31.4 Å². The van der Waals surface area contributed by atoms with Gasteiger partial charge in [-0.3, -0.25) is 72.1 Å². The van der Waals surface area contributed by atoms with Crippen LogP contribution in [0.25, 0.3) is 11.0 Å². The average molecular weight is 1240 g/mol. The molecular formula is C51H75N10O24P. The van der Waals surface area contributed by atoms with Crippen LogP contribution in [-0.4, -0.2) is 179 Å². The number of carbonyl (C=O) groups excluding carboxylic acids is 10. The van der Waals surface area contributed by atoms with Crippen LogP contribution in [-0.2, 0) is 73.3 Å². The van der Waals surface area contributed by atoms with Crippen LogP contribution in [0.5, 0.6) is 5.75 Å². The minimum absolute atomic E-state index is 0.0194. The fourth-order valence-corrected chi connectivity index (χ4v) is 8.61. The second kappa shape index (κ2) is 33.2. The van der Waals surface area contributed by atoms with E-state index < -0.39 is 200 Å². The smallest absolute Gasteiger partial charge is 0.481 e. The van der Waals surface area contributed by atoms with E-state index >= 15 is 0 Å². The number of rotatable bonds is 35. The van der Waals surface area contributed by atoms with Gasteiger partial charge in [0, 0.05) is 30.9 Å². The molecule has 2 aromatic rings. The number of aliphatic hydroxyl groups is 2. The number of nitrogens with two attached hydrogens (primary N) is 1. The van der Waals surface area contributed by atoms with E-state index in [2.05, 4.69) is 41.7 Å². The number of amides is 10. The molecule has 12 atom stereocenters. The molecule has 35 heteroatoms. The Bertz CT molecular complexity index is 2950. The lowest BCUT2D eigenvalue weighted by atomic mass is 9.96. The van der Waals surface area contributed by atoms with E-state index in [1.807, 2.05) is 10.6 Å². The van der Waals surface area contributed by atoms with E-state index in [4.69, 9.17) is 10.2 Å². The molecule has 0 spiro atoms. The van der Waals surface area contributed by atoms with Crippen LogP contribution in [0.2, 0.25) is 0 Å². The molecule has 1 heterocycles. The van der Waals surface area contributed by atoms with Crippen LogP contribution in [0.1, 0.15) is 100.0 Å². The number of primary amides is 1.